The van der Waals surface area contributed by atoms with Gasteiger partial charge >= 0.3 is 7.12 Å². The van der Waals surface area contributed by atoms with Crippen LogP contribution in [0.2, 0.25) is 11.3 Å². The predicted octanol–water partition coefficient (Wildman–Crippen LogP) is 8.91. The molecule has 4 aromatic carbocycles. The van der Waals surface area contributed by atoms with Crippen LogP contribution in [0.5, 0.6) is 5.75 Å². The van der Waals surface area contributed by atoms with Gasteiger partial charge in [0.05, 0.1) is 28.6 Å². The Balaban J connectivity index is 1.16. The number of rotatable bonds is 10. The molecule has 1 aliphatic carbocycles. The van der Waals surface area contributed by atoms with Crippen molar-refractivity contribution in [3.8, 4) is 5.75 Å². The Morgan fingerprint density at radius 1 is 0.940 bits per heavy atom. The lowest BCUT2D eigenvalue weighted by Gasteiger charge is -2.43. The van der Waals surface area contributed by atoms with Gasteiger partial charge in [0.25, 0.3) is 0 Å². The molecule has 0 saturated carbocycles. The second kappa shape index (κ2) is 14.7. The maximum absolute atomic E-state index is 14.3. The second-order valence-corrected chi connectivity index (χ2v) is 13.8. The number of para-hydroxylation sites is 1. The van der Waals surface area contributed by atoms with Crippen LogP contribution in [0, 0.1) is 17.8 Å². The number of amides is 2. The zero-order chi connectivity index (χ0) is 34.8. The number of halogens is 1. The first-order valence-corrected chi connectivity index (χ1v) is 17.8. The van der Waals surface area contributed by atoms with Crippen molar-refractivity contribution in [2.45, 2.75) is 51.5 Å². The number of carbonyl (C=O) groups excluding carboxylic acids is 2. The monoisotopic (exact) mass is 686 g/mol. The zero-order valence-electron chi connectivity index (χ0n) is 28.0. The van der Waals surface area contributed by atoms with Gasteiger partial charge in [0.15, 0.2) is 0 Å². The Labute approximate surface area is 298 Å². The summed E-state index contributed by atoms with van der Waals surface area (Å²) in [6, 6.07) is 32.2. The molecule has 4 atom stereocenters. The van der Waals surface area contributed by atoms with Crippen LogP contribution >= 0.6 is 11.6 Å². The van der Waals surface area contributed by atoms with E-state index in [0.717, 1.165) is 46.5 Å². The van der Waals surface area contributed by atoms with E-state index in [1.54, 1.807) is 12.1 Å². The minimum absolute atomic E-state index is 0.102. The van der Waals surface area contributed by atoms with Crippen molar-refractivity contribution < 1.29 is 24.4 Å². The van der Waals surface area contributed by atoms with Crippen LogP contribution in [0.15, 0.2) is 114 Å². The van der Waals surface area contributed by atoms with Crippen molar-refractivity contribution in [1.29, 1.82) is 0 Å². The van der Waals surface area contributed by atoms with Gasteiger partial charge in [-0.1, -0.05) is 79.0 Å². The van der Waals surface area contributed by atoms with Crippen LogP contribution in [-0.2, 0) is 14.2 Å². The molecule has 0 spiro atoms. The SMILES string of the molecule is CCCC1=C2[C@@H](CC/C(=C/c3ccc(O)cc3Cl)c3ccccc3)OB(O)C[C@@H]2[C@@H]2C(=O)N(c3ccc(Nc4ccccc4)cc3)C(=O)[C@@H]2C1. The molecular weight excluding hydrogens is 647 g/mol. The average Bonchev–Trinajstić information content (AvgIpc) is 3.37. The summed E-state index contributed by atoms with van der Waals surface area (Å²) in [4.78, 5) is 29.7. The molecule has 3 N–H and O–H groups in total. The van der Waals surface area contributed by atoms with E-state index >= 15 is 0 Å². The topological polar surface area (TPSA) is 99.1 Å². The van der Waals surface area contributed by atoms with Gasteiger partial charge < -0.3 is 20.1 Å². The maximum Gasteiger partial charge on any atom is 0.455 e. The summed E-state index contributed by atoms with van der Waals surface area (Å²) in [7, 11) is -1.05. The summed E-state index contributed by atoms with van der Waals surface area (Å²) < 4.78 is 6.29. The van der Waals surface area contributed by atoms with Gasteiger partial charge in [0.2, 0.25) is 11.8 Å². The molecule has 7 nitrogen and oxygen atoms in total. The molecule has 254 valence electrons. The standard InChI is InChI=1S/C41H40BClN2O5/c1-2-9-29-23-34-39(41(48)45(40(34)47)32-18-16-31(17-19-32)44-30-12-7-4-8-13-30)35-25-42(49)50-37(38(29)35)21-15-27(26-10-5-3-6-11-26)22-28-14-20-33(46)24-36(28)43/h3-8,10-14,16-20,22,24,34-35,37,39,44,46,49H,2,9,15,21,23,25H2,1H3/b27-22-/t34-,35+,37-,39-/m1/s1. The number of allylic oxidation sites excluding steroid dienone is 2. The summed E-state index contributed by atoms with van der Waals surface area (Å²) in [5.74, 6) is -1.59. The van der Waals surface area contributed by atoms with Crippen LogP contribution in [0.4, 0.5) is 17.1 Å². The number of phenols is 1. The summed E-state index contributed by atoms with van der Waals surface area (Å²) in [6.07, 6.45) is 5.30. The van der Waals surface area contributed by atoms with E-state index in [-0.39, 0.29) is 29.8 Å². The summed E-state index contributed by atoms with van der Waals surface area (Å²) in [6.45, 7) is 2.12. The van der Waals surface area contributed by atoms with Crippen molar-refractivity contribution in [2.75, 3.05) is 10.2 Å². The minimum atomic E-state index is -1.05. The molecule has 4 aromatic rings. The van der Waals surface area contributed by atoms with Crippen LogP contribution < -0.4 is 10.2 Å². The average molecular weight is 687 g/mol. The van der Waals surface area contributed by atoms with Gasteiger partial charge in [-0.15, -0.1) is 0 Å². The summed E-state index contributed by atoms with van der Waals surface area (Å²) in [5.41, 5.74) is 7.48. The van der Waals surface area contributed by atoms with Gasteiger partial charge in [-0.2, -0.15) is 0 Å². The maximum atomic E-state index is 14.3. The number of fused-ring (bicyclic) bond motifs is 3. The van der Waals surface area contributed by atoms with Gasteiger partial charge in [0.1, 0.15) is 5.75 Å². The van der Waals surface area contributed by atoms with E-state index < -0.39 is 25.1 Å². The van der Waals surface area contributed by atoms with Crippen LogP contribution in [-0.4, -0.2) is 35.2 Å². The van der Waals surface area contributed by atoms with Crippen molar-refractivity contribution >= 4 is 59.2 Å². The quantitative estimate of drug-likeness (QED) is 0.0667. The van der Waals surface area contributed by atoms with E-state index in [9.17, 15) is 19.7 Å². The van der Waals surface area contributed by atoms with Crippen LogP contribution in [0.25, 0.3) is 11.6 Å². The smallest absolute Gasteiger partial charge is 0.455 e. The van der Waals surface area contributed by atoms with E-state index in [2.05, 4.69) is 12.2 Å². The Morgan fingerprint density at radius 3 is 2.34 bits per heavy atom. The predicted molar refractivity (Wildman–Crippen MR) is 200 cm³/mol. The number of nitrogens with one attached hydrogen (secondary N) is 1. The van der Waals surface area contributed by atoms with Crippen molar-refractivity contribution in [1.82, 2.24) is 0 Å². The molecule has 2 heterocycles. The van der Waals surface area contributed by atoms with E-state index in [1.165, 1.54) is 16.5 Å². The molecule has 0 unspecified atom stereocenters. The van der Waals surface area contributed by atoms with Crippen molar-refractivity contribution in [3.05, 3.63) is 130 Å². The molecule has 0 bridgehead atoms. The number of hydrogen-bond acceptors (Lipinski definition) is 6. The third kappa shape index (κ3) is 6.88. The highest BCUT2D eigenvalue weighted by Gasteiger charge is 2.57. The molecule has 0 aromatic heterocycles. The molecule has 3 aliphatic rings. The van der Waals surface area contributed by atoms with E-state index in [4.69, 9.17) is 16.3 Å². The number of aromatic hydroxyl groups is 1. The third-order valence-electron chi connectivity index (χ3n) is 10.2. The Kier molecular flexibility index (Phi) is 9.95. The Bertz CT molecular complexity index is 1930. The van der Waals surface area contributed by atoms with Gasteiger partial charge in [-0.05, 0) is 121 Å². The first-order chi connectivity index (χ1) is 24.3. The molecule has 2 saturated heterocycles. The fraction of sp³-hybridized carbons (Fsp3) is 0.268. The molecule has 2 amide bonds. The van der Waals surface area contributed by atoms with E-state index in [1.807, 2.05) is 91.0 Å². The normalized spacial score (nSPS) is 22.1. The first kappa shape index (κ1) is 33.9. The molecular formula is C41H40BClN2O5. The number of hydrogen-bond donors (Lipinski definition) is 3. The molecule has 2 fully saturated rings. The second-order valence-electron chi connectivity index (χ2n) is 13.4. The molecule has 0 radical (unpaired) electrons. The largest absolute Gasteiger partial charge is 0.508 e. The number of benzene rings is 4. The molecule has 50 heavy (non-hydrogen) atoms. The lowest BCUT2D eigenvalue weighted by molar-refractivity contribution is -0.122. The highest BCUT2D eigenvalue weighted by molar-refractivity contribution is 6.43. The molecule has 9 heteroatoms. The first-order valence-electron chi connectivity index (χ1n) is 17.4. The van der Waals surface area contributed by atoms with Crippen molar-refractivity contribution in [2.24, 2.45) is 17.8 Å². The zero-order valence-corrected chi connectivity index (χ0v) is 28.7. The number of imide groups is 1. The Hall–Kier alpha value is -4.63. The number of carbonyl (C=O) groups is 2. The summed E-state index contributed by atoms with van der Waals surface area (Å²) in [5, 5.41) is 24.8. The van der Waals surface area contributed by atoms with Gasteiger partial charge in [0, 0.05) is 11.4 Å². The summed E-state index contributed by atoms with van der Waals surface area (Å²) >= 11 is 6.51. The number of phenolic OH excluding ortho intramolecular Hbond substituents is 1. The van der Waals surface area contributed by atoms with Crippen LogP contribution in [0.1, 0.15) is 50.2 Å². The molecule has 2 aliphatic heterocycles. The number of anilines is 3. The lowest BCUT2D eigenvalue weighted by Crippen LogP contribution is -2.46. The van der Waals surface area contributed by atoms with Crippen LogP contribution in [0.3, 0.4) is 0 Å². The minimum Gasteiger partial charge on any atom is -0.508 e. The fourth-order valence-corrected chi connectivity index (χ4v) is 8.23. The number of nitrogens with zero attached hydrogens (tertiary/aromatic N) is 1. The highest BCUT2D eigenvalue weighted by Crippen LogP contribution is 2.52. The Morgan fingerprint density at radius 2 is 1.64 bits per heavy atom. The van der Waals surface area contributed by atoms with E-state index in [0.29, 0.717) is 30.0 Å². The van der Waals surface area contributed by atoms with Gasteiger partial charge in [-0.3, -0.25) is 14.5 Å². The fourth-order valence-electron chi connectivity index (χ4n) is 8.00. The third-order valence-corrected chi connectivity index (χ3v) is 10.5. The molecule has 7 rings (SSSR count). The van der Waals surface area contributed by atoms with Crippen molar-refractivity contribution in [3.63, 3.8) is 0 Å². The van der Waals surface area contributed by atoms with Gasteiger partial charge in [-0.25, -0.2) is 0 Å². The highest BCUT2D eigenvalue weighted by atomic mass is 35.5. The lowest BCUT2D eigenvalue weighted by atomic mass is 9.58.